The van der Waals surface area contributed by atoms with Crippen molar-refractivity contribution in [1.82, 2.24) is 51.1 Å². The van der Waals surface area contributed by atoms with E-state index in [0.717, 1.165) is 112 Å². The summed E-state index contributed by atoms with van der Waals surface area (Å²) in [6.07, 6.45) is 13.7. The van der Waals surface area contributed by atoms with Gasteiger partial charge in [0.2, 0.25) is 35.5 Å². The van der Waals surface area contributed by atoms with Crippen LogP contribution < -0.4 is 31.3 Å². The van der Waals surface area contributed by atoms with Gasteiger partial charge >= 0.3 is 0 Å². The third kappa shape index (κ3) is 14.1. The van der Waals surface area contributed by atoms with Crippen LogP contribution >= 0.6 is 0 Å². The number of nitrogens with one attached hydrogen (secondary N) is 5. The Labute approximate surface area is 509 Å². The number of benzene rings is 2. The van der Waals surface area contributed by atoms with Gasteiger partial charge in [0.1, 0.15) is 44.2 Å². The summed E-state index contributed by atoms with van der Waals surface area (Å²) in [5.74, 6) is -1.42. The quantitative estimate of drug-likeness (QED) is 0.0380. The molecule has 1 aromatic heterocycles. The van der Waals surface area contributed by atoms with Crippen molar-refractivity contribution in [3.8, 4) is 11.5 Å². The summed E-state index contributed by atoms with van der Waals surface area (Å²) in [6, 6.07) is 13.8. The molecule has 5 heterocycles. The number of nitrogens with zero attached hydrogens (tertiary/aromatic N) is 5. The molecule has 3 aromatic rings. The van der Waals surface area contributed by atoms with E-state index >= 15 is 0 Å². The second kappa shape index (κ2) is 27.5. The van der Waals surface area contributed by atoms with E-state index in [1.165, 1.54) is 12.8 Å². The van der Waals surface area contributed by atoms with Crippen LogP contribution in [0.25, 0.3) is 0 Å². The summed E-state index contributed by atoms with van der Waals surface area (Å²) in [5.41, 5.74) is 1.25. The Morgan fingerprint density at radius 1 is 0.747 bits per heavy atom. The number of phenolic OH excluding ortho intramolecular Hbond substituents is 1. The minimum atomic E-state index is -2.69. The molecule has 3 saturated heterocycles. The van der Waals surface area contributed by atoms with Gasteiger partial charge in [-0.05, 0) is 126 Å². The van der Waals surface area contributed by atoms with Crippen molar-refractivity contribution < 1.29 is 57.2 Å². The fourth-order valence-electron chi connectivity index (χ4n) is 16.1. The predicted molar refractivity (Wildman–Crippen MR) is 319 cm³/mol. The number of halogens is 2. The van der Waals surface area contributed by atoms with Gasteiger partial charge in [-0.1, -0.05) is 69.5 Å². The Morgan fingerprint density at radius 3 is 2.05 bits per heavy atom. The van der Waals surface area contributed by atoms with Crippen LogP contribution in [0.5, 0.6) is 11.5 Å². The number of likely N-dealkylation sites (tertiary alicyclic amines) is 1. The van der Waals surface area contributed by atoms with E-state index in [2.05, 4.69) is 65.0 Å². The van der Waals surface area contributed by atoms with Crippen LogP contribution in [0.15, 0.2) is 42.5 Å². The number of amides is 5. The van der Waals surface area contributed by atoms with Crippen molar-refractivity contribution in [2.24, 2.45) is 11.8 Å². The standard InChI is InChI=1S/C65H92F2N10O10/c1-41(2)61-74-73-53(77(61)48-34-46-16-17-47(35-48)76(46)31-23-49(43-11-7-6-8-12-43)72-62(83)44-19-24-63(66,67)25-20-44)22-30-70-56(81)39-85-37-54(79)68-28-9-4-3-5-10-29-69-55(80)38-86-40-57(82)71-50-21-26-65(84)52-33-45-15-18-51(78)59-58(45)64(65,60(50)87-59)27-32-75(52)36-42-13-14-42/h6-8,11-12,15,18,41-42,44,46-50,52,60,78,84H,3-5,9-10,13-14,16-17,19-40H2,1-2H3,(H,68,79)(H,69,80)(H,70,81)(H,71,82)(H,72,83)/t46-,47+,48?,49-,50+,52+,60?,64-,65+/m0/s1. The molecule has 9 atom stereocenters. The van der Waals surface area contributed by atoms with E-state index < -0.39 is 35.0 Å². The van der Waals surface area contributed by atoms with E-state index in [-0.39, 0.29) is 111 Å². The van der Waals surface area contributed by atoms with Gasteiger partial charge in [-0.3, -0.25) is 33.8 Å². The molecule has 8 aliphatic rings. The number of fused-ring (bicyclic) bond motifs is 2. The van der Waals surface area contributed by atoms with Crippen LogP contribution in [-0.4, -0.2) is 172 Å². The number of alkyl halides is 2. The van der Waals surface area contributed by atoms with Gasteiger partial charge in [0.15, 0.2) is 11.5 Å². The van der Waals surface area contributed by atoms with Crippen molar-refractivity contribution in [1.29, 1.82) is 0 Å². The molecule has 7 N–H and O–H groups in total. The molecule has 4 aliphatic carbocycles. The molecule has 22 heteroatoms. The number of rotatable bonds is 30. The van der Waals surface area contributed by atoms with Gasteiger partial charge in [-0.15, -0.1) is 10.2 Å². The van der Waals surface area contributed by atoms with Crippen LogP contribution in [0.2, 0.25) is 0 Å². The number of carbonyl (C=O) groups is 5. The first-order valence-corrected chi connectivity index (χ1v) is 32.7. The Hall–Kier alpha value is -5.81. The number of ether oxygens (including phenoxy) is 3. The molecular weight excluding hydrogens is 1120 g/mol. The van der Waals surface area contributed by atoms with Crippen molar-refractivity contribution in [2.45, 2.75) is 214 Å². The Morgan fingerprint density at radius 2 is 1.39 bits per heavy atom. The minimum Gasteiger partial charge on any atom is -0.504 e. The predicted octanol–water partition coefficient (Wildman–Crippen LogP) is 5.97. The highest BCUT2D eigenvalue weighted by molar-refractivity contribution is 5.81. The second-order valence-electron chi connectivity index (χ2n) is 26.7. The number of piperidine rings is 2. The lowest BCUT2D eigenvalue weighted by Crippen LogP contribution is -2.78. The lowest BCUT2D eigenvalue weighted by atomic mass is 9.48. The van der Waals surface area contributed by atoms with Gasteiger partial charge in [-0.25, -0.2) is 8.78 Å². The number of hydrogen-bond donors (Lipinski definition) is 7. The van der Waals surface area contributed by atoms with Gasteiger partial charge in [0.05, 0.1) is 23.1 Å². The number of unbranched alkanes of at least 4 members (excludes halogenated alkanes) is 4. The maximum atomic E-state index is 13.9. The zero-order chi connectivity index (χ0) is 60.9. The highest BCUT2D eigenvalue weighted by Gasteiger charge is 2.73. The molecule has 5 amide bonds. The molecular formula is C65H92F2N10O10. The summed E-state index contributed by atoms with van der Waals surface area (Å²) in [4.78, 5) is 69.6. The highest BCUT2D eigenvalue weighted by atomic mass is 19.3. The van der Waals surface area contributed by atoms with Crippen LogP contribution in [0.4, 0.5) is 8.78 Å². The Balaban J connectivity index is 0.523. The van der Waals surface area contributed by atoms with Crippen LogP contribution in [0.1, 0.15) is 182 Å². The van der Waals surface area contributed by atoms with Gasteiger partial charge < -0.3 is 55.6 Å². The van der Waals surface area contributed by atoms with Gasteiger partial charge in [0, 0.05) is 93.6 Å². The summed E-state index contributed by atoms with van der Waals surface area (Å²) < 4.78 is 47.6. The molecule has 6 fully saturated rings. The number of hydrogen-bond acceptors (Lipinski definition) is 14. The molecule has 476 valence electrons. The molecule has 11 rings (SSSR count). The van der Waals surface area contributed by atoms with Crippen LogP contribution in [0, 0.1) is 11.8 Å². The van der Waals surface area contributed by atoms with Crippen molar-refractivity contribution in [3.63, 3.8) is 0 Å². The number of carbonyl (C=O) groups excluding carboxylic acids is 5. The molecule has 20 nitrogen and oxygen atoms in total. The zero-order valence-electron chi connectivity index (χ0n) is 50.9. The molecule has 3 saturated carbocycles. The number of aliphatic hydroxyl groups is 1. The van der Waals surface area contributed by atoms with E-state index in [0.29, 0.717) is 75.5 Å². The number of aromatic hydroxyl groups is 1. The first-order valence-electron chi connectivity index (χ1n) is 32.7. The largest absolute Gasteiger partial charge is 0.504 e. The van der Waals surface area contributed by atoms with Crippen molar-refractivity contribution >= 4 is 29.5 Å². The van der Waals surface area contributed by atoms with E-state index in [1.807, 2.05) is 36.4 Å². The second-order valence-corrected chi connectivity index (χ2v) is 26.7. The van der Waals surface area contributed by atoms with E-state index in [9.17, 15) is 43.0 Å². The molecule has 4 bridgehead atoms. The zero-order valence-corrected chi connectivity index (χ0v) is 50.9. The van der Waals surface area contributed by atoms with Gasteiger partial charge in [0.25, 0.3) is 0 Å². The fourth-order valence-corrected chi connectivity index (χ4v) is 16.1. The molecule has 0 radical (unpaired) electrons. The van der Waals surface area contributed by atoms with E-state index in [1.54, 1.807) is 6.07 Å². The summed E-state index contributed by atoms with van der Waals surface area (Å²) in [5, 5.41) is 47.8. The fraction of sp³-hybridized carbons (Fsp3) is 0.708. The minimum absolute atomic E-state index is 0.0507. The first-order chi connectivity index (χ1) is 42.0. The number of phenols is 1. The smallest absolute Gasteiger partial charge is 0.248 e. The molecule has 2 unspecified atom stereocenters. The Kier molecular flexibility index (Phi) is 19.9. The lowest BCUT2D eigenvalue weighted by molar-refractivity contribution is -0.192. The Bertz CT molecular complexity index is 2890. The normalized spacial score (nSPS) is 27.5. The summed E-state index contributed by atoms with van der Waals surface area (Å²) >= 11 is 0. The average molecular weight is 1210 g/mol. The highest BCUT2D eigenvalue weighted by Crippen LogP contribution is 2.65. The number of aromatic nitrogens is 3. The van der Waals surface area contributed by atoms with Crippen molar-refractivity contribution in [2.75, 3.05) is 65.7 Å². The van der Waals surface area contributed by atoms with Crippen LogP contribution in [0.3, 0.4) is 0 Å². The van der Waals surface area contributed by atoms with Crippen molar-refractivity contribution in [3.05, 3.63) is 70.8 Å². The summed E-state index contributed by atoms with van der Waals surface area (Å²) in [6.45, 7) is 7.12. The van der Waals surface area contributed by atoms with Crippen LogP contribution in [-0.2, 0) is 51.7 Å². The summed E-state index contributed by atoms with van der Waals surface area (Å²) in [7, 11) is 0. The topological polar surface area (TPSA) is 251 Å². The third-order valence-corrected chi connectivity index (χ3v) is 20.5. The third-order valence-electron chi connectivity index (χ3n) is 20.5. The van der Waals surface area contributed by atoms with E-state index in [4.69, 9.17) is 14.2 Å². The molecule has 1 spiro atoms. The molecule has 2 aromatic carbocycles. The first kappa shape index (κ1) is 62.8. The SMILES string of the molecule is CC(C)c1nnc(CCNC(=O)COCC(=O)NCCCCCCCNC(=O)COCC(=O)N[C@@H]2CC[C@@]3(O)[C@H]4Cc5ccc(O)c6c5[C@@]3(CCN4CC3CC3)C2O6)n1C1C[C@H]2CC[C@@H](C1)N2CC[C@H](NC(=O)C1CCC(F)(F)CC1)c1ccccc1. The maximum absolute atomic E-state index is 13.9. The van der Waals surface area contributed by atoms with Gasteiger partial charge in [-0.2, -0.15) is 0 Å². The lowest BCUT2D eigenvalue weighted by Gasteiger charge is -2.64. The molecule has 4 aliphatic heterocycles. The molecule has 87 heavy (non-hydrogen) atoms. The average Bonchev–Trinajstić information content (AvgIpc) is 1.60. The maximum Gasteiger partial charge on any atom is 0.248 e. The monoisotopic (exact) mass is 1210 g/mol.